The lowest BCUT2D eigenvalue weighted by Crippen LogP contribution is -2.57. The van der Waals surface area contributed by atoms with Gasteiger partial charge in [0, 0.05) is 44.4 Å². The summed E-state index contributed by atoms with van der Waals surface area (Å²) in [7, 11) is 0. The number of likely N-dealkylation sites (tertiary alicyclic amines) is 1. The minimum atomic E-state index is -2.46. The highest BCUT2D eigenvalue weighted by Gasteiger charge is 2.62. The van der Waals surface area contributed by atoms with Crippen LogP contribution in [-0.2, 0) is 4.79 Å². The second kappa shape index (κ2) is 6.22. The Balaban J connectivity index is 1.15. The van der Waals surface area contributed by atoms with Crippen LogP contribution in [-0.4, -0.2) is 42.4 Å². The second-order valence-electron chi connectivity index (χ2n) is 9.05. The van der Waals surface area contributed by atoms with Gasteiger partial charge in [-0.3, -0.25) is 4.79 Å². The number of carbonyl (C=O) groups excluding carboxylic acids is 1. The number of amides is 1. The predicted molar refractivity (Wildman–Crippen MR) is 88.9 cm³/mol. The molecule has 3 aliphatic carbocycles. The predicted octanol–water partition coefficient (Wildman–Crippen LogP) is 3.58. The van der Waals surface area contributed by atoms with Crippen molar-refractivity contribution in [2.75, 3.05) is 19.6 Å². The standard InChI is InChI=1S/C19H30F2N2O/c20-19(21)12-18(13-19)9-15(10-18)17(24)22-16-5-7-23(8-6-16)11-14-3-1-2-4-14/h14-16H,1-13H2,(H,22,24). The minimum Gasteiger partial charge on any atom is -0.353 e. The van der Waals surface area contributed by atoms with E-state index in [9.17, 15) is 13.6 Å². The third-order valence-corrected chi connectivity index (χ3v) is 6.92. The maximum Gasteiger partial charge on any atom is 0.249 e. The van der Waals surface area contributed by atoms with Crippen LogP contribution in [0, 0.1) is 17.3 Å². The molecule has 0 bridgehead atoms. The van der Waals surface area contributed by atoms with E-state index >= 15 is 0 Å². The zero-order chi connectivity index (χ0) is 16.8. The van der Waals surface area contributed by atoms with Crippen molar-refractivity contribution in [1.29, 1.82) is 0 Å². The summed E-state index contributed by atoms with van der Waals surface area (Å²) >= 11 is 0. The molecule has 5 heteroatoms. The van der Waals surface area contributed by atoms with Crippen LogP contribution >= 0.6 is 0 Å². The Kier molecular flexibility index (Phi) is 4.34. The monoisotopic (exact) mass is 340 g/mol. The fourth-order valence-electron chi connectivity index (χ4n) is 5.64. The molecule has 0 atom stereocenters. The summed E-state index contributed by atoms with van der Waals surface area (Å²) in [6, 6.07) is 0.289. The summed E-state index contributed by atoms with van der Waals surface area (Å²) in [6.07, 6.45) is 9.00. The number of nitrogens with one attached hydrogen (secondary N) is 1. The first-order chi connectivity index (χ1) is 11.4. The average molecular weight is 340 g/mol. The zero-order valence-corrected chi connectivity index (χ0v) is 14.5. The molecule has 1 N–H and O–H groups in total. The van der Waals surface area contributed by atoms with Crippen molar-refractivity contribution >= 4 is 5.91 Å². The van der Waals surface area contributed by atoms with Crippen molar-refractivity contribution in [2.24, 2.45) is 17.3 Å². The number of rotatable bonds is 4. The van der Waals surface area contributed by atoms with Crippen LogP contribution in [0.15, 0.2) is 0 Å². The highest BCUT2D eigenvalue weighted by molar-refractivity contribution is 5.80. The molecule has 1 aliphatic heterocycles. The maximum atomic E-state index is 13.0. The van der Waals surface area contributed by atoms with Crippen molar-refractivity contribution in [1.82, 2.24) is 10.2 Å². The van der Waals surface area contributed by atoms with E-state index in [1.807, 2.05) is 0 Å². The van der Waals surface area contributed by atoms with E-state index in [0.29, 0.717) is 12.8 Å². The lowest BCUT2D eigenvalue weighted by atomic mass is 9.50. The Morgan fingerprint density at radius 3 is 2.25 bits per heavy atom. The Hall–Kier alpha value is -0.710. The van der Waals surface area contributed by atoms with Gasteiger partial charge in [-0.25, -0.2) is 8.78 Å². The molecule has 4 aliphatic rings. The van der Waals surface area contributed by atoms with Gasteiger partial charge in [-0.1, -0.05) is 12.8 Å². The van der Waals surface area contributed by atoms with Crippen molar-refractivity contribution in [3.8, 4) is 0 Å². The Morgan fingerprint density at radius 1 is 1.04 bits per heavy atom. The maximum absolute atomic E-state index is 13.0. The second-order valence-corrected chi connectivity index (χ2v) is 9.05. The highest BCUT2D eigenvalue weighted by Crippen LogP contribution is 2.64. The van der Waals surface area contributed by atoms with Gasteiger partial charge in [0.05, 0.1) is 0 Å². The van der Waals surface area contributed by atoms with E-state index < -0.39 is 5.92 Å². The Labute approximate surface area is 143 Å². The molecule has 4 fully saturated rings. The van der Waals surface area contributed by atoms with Crippen molar-refractivity contribution in [2.45, 2.75) is 76.2 Å². The molecule has 1 heterocycles. The average Bonchev–Trinajstić information content (AvgIpc) is 2.96. The largest absolute Gasteiger partial charge is 0.353 e. The van der Waals surface area contributed by atoms with Crippen LogP contribution < -0.4 is 5.32 Å². The van der Waals surface area contributed by atoms with Gasteiger partial charge in [0.1, 0.15) is 0 Å². The molecule has 0 aromatic rings. The van der Waals surface area contributed by atoms with Gasteiger partial charge in [0.25, 0.3) is 0 Å². The van der Waals surface area contributed by atoms with Crippen LogP contribution in [0.4, 0.5) is 8.78 Å². The summed E-state index contributed by atoms with van der Waals surface area (Å²) in [5.74, 6) is -1.47. The summed E-state index contributed by atoms with van der Waals surface area (Å²) in [5.41, 5.74) is -0.198. The molecule has 4 rings (SSSR count). The number of nitrogens with zero attached hydrogens (tertiary/aromatic N) is 1. The summed E-state index contributed by atoms with van der Waals surface area (Å²) < 4.78 is 26.1. The SMILES string of the molecule is O=C(NC1CCN(CC2CCCC2)CC1)C1CC2(C1)CC(F)(F)C2. The van der Waals surface area contributed by atoms with Crippen molar-refractivity contribution < 1.29 is 13.6 Å². The molecule has 0 aromatic carbocycles. The van der Waals surface area contributed by atoms with E-state index in [4.69, 9.17) is 0 Å². The molecule has 3 saturated carbocycles. The first-order valence-corrected chi connectivity index (χ1v) is 9.84. The Bertz CT molecular complexity index is 466. The molecule has 1 amide bonds. The molecule has 3 nitrogen and oxygen atoms in total. The minimum absolute atomic E-state index is 0.00331. The summed E-state index contributed by atoms with van der Waals surface area (Å²) in [4.78, 5) is 14.9. The van der Waals surface area contributed by atoms with Crippen LogP contribution in [0.25, 0.3) is 0 Å². The molecule has 136 valence electrons. The molecular formula is C19H30F2N2O. The van der Waals surface area contributed by atoms with E-state index in [1.54, 1.807) is 0 Å². The van der Waals surface area contributed by atoms with E-state index in [-0.39, 0.29) is 36.1 Å². The third kappa shape index (κ3) is 3.47. The van der Waals surface area contributed by atoms with Crippen LogP contribution in [0.5, 0.6) is 0 Å². The van der Waals surface area contributed by atoms with Gasteiger partial charge in [0.2, 0.25) is 11.8 Å². The number of piperidine rings is 1. The Morgan fingerprint density at radius 2 is 1.67 bits per heavy atom. The molecule has 1 spiro atoms. The number of hydrogen-bond donors (Lipinski definition) is 1. The van der Waals surface area contributed by atoms with Crippen LogP contribution in [0.1, 0.15) is 64.2 Å². The first kappa shape index (κ1) is 16.7. The van der Waals surface area contributed by atoms with Crippen LogP contribution in [0.2, 0.25) is 0 Å². The zero-order valence-electron chi connectivity index (χ0n) is 14.5. The summed E-state index contributed by atoms with van der Waals surface area (Å²) in [6.45, 7) is 3.41. The fraction of sp³-hybridized carbons (Fsp3) is 0.947. The van der Waals surface area contributed by atoms with Crippen molar-refractivity contribution in [3.63, 3.8) is 0 Å². The molecule has 24 heavy (non-hydrogen) atoms. The molecule has 1 saturated heterocycles. The number of hydrogen-bond acceptors (Lipinski definition) is 2. The van der Waals surface area contributed by atoms with Gasteiger partial charge >= 0.3 is 0 Å². The van der Waals surface area contributed by atoms with Gasteiger partial charge in [-0.15, -0.1) is 0 Å². The topological polar surface area (TPSA) is 32.3 Å². The quantitative estimate of drug-likeness (QED) is 0.848. The molecule has 0 radical (unpaired) electrons. The normalized spacial score (nSPS) is 30.9. The molecular weight excluding hydrogens is 310 g/mol. The highest BCUT2D eigenvalue weighted by atomic mass is 19.3. The number of alkyl halides is 2. The van der Waals surface area contributed by atoms with Gasteiger partial charge in [0.15, 0.2) is 0 Å². The fourth-order valence-corrected chi connectivity index (χ4v) is 5.64. The van der Waals surface area contributed by atoms with Crippen LogP contribution in [0.3, 0.4) is 0 Å². The van der Waals surface area contributed by atoms with E-state index in [0.717, 1.165) is 31.8 Å². The van der Waals surface area contributed by atoms with Crippen molar-refractivity contribution in [3.05, 3.63) is 0 Å². The van der Waals surface area contributed by atoms with Gasteiger partial charge in [-0.05, 0) is 49.9 Å². The lowest BCUT2D eigenvalue weighted by Gasteiger charge is -2.56. The van der Waals surface area contributed by atoms with E-state index in [1.165, 1.54) is 32.2 Å². The van der Waals surface area contributed by atoms with Gasteiger partial charge in [-0.2, -0.15) is 0 Å². The molecule has 0 unspecified atom stereocenters. The molecule has 0 aromatic heterocycles. The van der Waals surface area contributed by atoms with Gasteiger partial charge < -0.3 is 10.2 Å². The summed E-state index contributed by atoms with van der Waals surface area (Å²) in [5, 5.41) is 3.19. The lowest BCUT2D eigenvalue weighted by molar-refractivity contribution is -0.207. The third-order valence-electron chi connectivity index (χ3n) is 6.92. The number of halogens is 2. The first-order valence-electron chi connectivity index (χ1n) is 9.84. The smallest absolute Gasteiger partial charge is 0.249 e. The number of carbonyl (C=O) groups is 1. The van der Waals surface area contributed by atoms with E-state index in [2.05, 4.69) is 10.2 Å².